The van der Waals surface area contributed by atoms with Gasteiger partial charge in [-0.05, 0) is 36.3 Å². The van der Waals surface area contributed by atoms with E-state index in [1.54, 1.807) is 0 Å². The second-order valence-electron chi connectivity index (χ2n) is 3.90. The first-order valence-electron chi connectivity index (χ1n) is 5.69. The van der Waals surface area contributed by atoms with Gasteiger partial charge in [0.15, 0.2) is 0 Å². The summed E-state index contributed by atoms with van der Waals surface area (Å²) in [5, 5.41) is 21.7. The summed E-state index contributed by atoms with van der Waals surface area (Å²) in [6.07, 6.45) is 2.10. The lowest BCUT2D eigenvalue weighted by Crippen LogP contribution is -2.18. The van der Waals surface area contributed by atoms with Crippen LogP contribution in [0.25, 0.3) is 0 Å². The first-order chi connectivity index (χ1) is 7.70. The molecule has 0 aliphatic rings. The highest BCUT2D eigenvalue weighted by atomic mass is 35.5. The van der Waals surface area contributed by atoms with E-state index in [-0.39, 0.29) is 0 Å². The SMILES string of the molecule is CCCCc1ccsc1C(O)C(O)CCCl. The van der Waals surface area contributed by atoms with E-state index in [1.807, 2.05) is 11.4 Å². The van der Waals surface area contributed by atoms with Crippen LogP contribution in [-0.2, 0) is 6.42 Å². The van der Waals surface area contributed by atoms with Crippen molar-refractivity contribution >= 4 is 22.9 Å². The average molecular weight is 263 g/mol. The molecule has 0 bridgehead atoms. The van der Waals surface area contributed by atoms with E-state index in [4.69, 9.17) is 11.6 Å². The maximum atomic E-state index is 9.99. The normalized spacial score (nSPS) is 15.0. The smallest absolute Gasteiger partial charge is 0.114 e. The Morgan fingerprint density at radius 1 is 1.44 bits per heavy atom. The highest BCUT2D eigenvalue weighted by molar-refractivity contribution is 7.10. The zero-order valence-electron chi connectivity index (χ0n) is 9.53. The van der Waals surface area contributed by atoms with Crippen molar-refractivity contribution < 1.29 is 10.2 Å². The summed E-state index contributed by atoms with van der Waals surface area (Å²) in [4.78, 5) is 0.895. The van der Waals surface area contributed by atoms with Crippen LogP contribution in [0, 0.1) is 0 Å². The van der Waals surface area contributed by atoms with E-state index < -0.39 is 12.2 Å². The highest BCUT2D eigenvalue weighted by Crippen LogP contribution is 2.29. The van der Waals surface area contributed by atoms with Crippen molar-refractivity contribution in [1.29, 1.82) is 0 Å². The minimum absolute atomic E-state index is 0.369. The van der Waals surface area contributed by atoms with Gasteiger partial charge in [0.25, 0.3) is 0 Å². The van der Waals surface area contributed by atoms with Crippen LogP contribution in [0.3, 0.4) is 0 Å². The Morgan fingerprint density at radius 2 is 2.19 bits per heavy atom. The number of aliphatic hydroxyl groups excluding tert-OH is 2. The van der Waals surface area contributed by atoms with E-state index in [1.165, 1.54) is 11.3 Å². The molecule has 92 valence electrons. The number of rotatable bonds is 7. The van der Waals surface area contributed by atoms with Gasteiger partial charge in [0.05, 0.1) is 6.10 Å². The monoisotopic (exact) mass is 262 g/mol. The van der Waals surface area contributed by atoms with Crippen LogP contribution in [-0.4, -0.2) is 22.2 Å². The molecule has 0 radical (unpaired) electrons. The molecule has 0 saturated carbocycles. The zero-order valence-corrected chi connectivity index (χ0v) is 11.1. The Morgan fingerprint density at radius 3 is 2.81 bits per heavy atom. The van der Waals surface area contributed by atoms with Crippen molar-refractivity contribution in [2.75, 3.05) is 5.88 Å². The van der Waals surface area contributed by atoms with Crippen LogP contribution >= 0.6 is 22.9 Å². The second kappa shape index (κ2) is 7.28. The number of aliphatic hydroxyl groups is 2. The molecule has 0 fully saturated rings. The fourth-order valence-corrected chi connectivity index (χ4v) is 2.85. The molecule has 1 aromatic heterocycles. The highest BCUT2D eigenvalue weighted by Gasteiger charge is 2.21. The quantitative estimate of drug-likeness (QED) is 0.742. The first-order valence-corrected chi connectivity index (χ1v) is 7.10. The predicted octanol–water partition coefficient (Wildman–Crippen LogP) is 3.11. The molecule has 0 aliphatic heterocycles. The molecular weight excluding hydrogens is 244 g/mol. The molecule has 4 heteroatoms. The fraction of sp³-hybridized carbons (Fsp3) is 0.667. The van der Waals surface area contributed by atoms with Crippen LogP contribution in [0.1, 0.15) is 42.7 Å². The van der Waals surface area contributed by atoms with Gasteiger partial charge in [0, 0.05) is 10.8 Å². The number of unbranched alkanes of at least 4 members (excludes halogenated alkanes) is 1. The van der Waals surface area contributed by atoms with E-state index in [2.05, 4.69) is 6.92 Å². The van der Waals surface area contributed by atoms with Gasteiger partial charge in [0.2, 0.25) is 0 Å². The molecular formula is C12H19ClO2S. The molecule has 2 atom stereocenters. The van der Waals surface area contributed by atoms with Crippen molar-refractivity contribution in [2.24, 2.45) is 0 Å². The maximum absolute atomic E-state index is 9.99. The molecule has 2 N–H and O–H groups in total. The molecule has 2 unspecified atom stereocenters. The lowest BCUT2D eigenvalue weighted by molar-refractivity contribution is 0.0187. The molecule has 0 amide bonds. The second-order valence-corrected chi connectivity index (χ2v) is 5.23. The molecule has 0 spiro atoms. The maximum Gasteiger partial charge on any atom is 0.114 e. The van der Waals surface area contributed by atoms with Gasteiger partial charge in [0.1, 0.15) is 6.10 Å². The van der Waals surface area contributed by atoms with Gasteiger partial charge < -0.3 is 10.2 Å². The van der Waals surface area contributed by atoms with Crippen molar-refractivity contribution in [1.82, 2.24) is 0 Å². The zero-order chi connectivity index (χ0) is 12.0. The van der Waals surface area contributed by atoms with Crippen LogP contribution in [0.5, 0.6) is 0 Å². The molecule has 0 aliphatic carbocycles. The van der Waals surface area contributed by atoms with Gasteiger partial charge in [-0.1, -0.05) is 13.3 Å². The van der Waals surface area contributed by atoms with Gasteiger partial charge in [-0.2, -0.15) is 0 Å². The molecule has 1 heterocycles. The summed E-state index contributed by atoms with van der Waals surface area (Å²) in [5.74, 6) is 0.369. The minimum Gasteiger partial charge on any atom is -0.390 e. The molecule has 16 heavy (non-hydrogen) atoms. The molecule has 1 rings (SSSR count). The minimum atomic E-state index is -0.786. The van der Waals surface area contributed by atoms with Gasteiger partial charge in [-0.15, -0.1) is 22.9 Å². The van der Waals surface area contributed by atoms with E-state index >= 15 is 0 Å². The summed E-state index contributed by atoms with van der Waals surface area (Å²) >= 11 is 7.07. The summed E-state index contributed by atoms with van der Waals surface area (Å²) in [6, 6.07) is 2.03. The predicted molar refractivity (Wildman–Crippen MR) is 69.2 cm³/mol. The average Bonchev–Trinajstić information content (AvgIpc) is 2.73. The van der Waals surface area contributed by atoms with Gasteiger partial charge >= 0.3 is 0 Å². The lowest BCUT2D eigenvalue weighted by Gasteiger charge is -2.17. The van der Waals surface area contributed by atoms with Crippen LogP contribution < -0.4 is 0 Å². The third-order valence-corrected chi connectivity index (χ3v) is 3.87. The standard InChI is InChI=1S/C12H19ClO2S/c1-2-3-4-9-6-8-16-12(9)11(15)10(14)5-7-13/h6,8,10-11,14-15H,2-5,7H2,1H3. The van der Waals surface area contributed by atoms with Crippen LogP contribution in [0.2, 0.25) is 0 Å². The molecule has 0 aromatic carbocycles. The van der Waals surface area contributed by atoms with Gasteiger partial charge in [-0.25, -0.2) is 0 Å². The van der Waals surface area contributed by atoms with Gasteiger partial charge in [-0.3, -0.25) is 0 Å². The number of alkyl halides is 1. The summed E-state index contributed by atoms with van der Waals surface area (Å²) < 4.78 is 0. The number of hydrogen-bond acceptors (Lipinski definition) is 3. The third kappa shape index (κ3) is 3.74. The lowest BCUT2D eigenvalue weighted by atomic mass is 10.0. The third-order valence-electron chi connectivity index (χ3n) is 2.62. The van der Waals surface area contributed by atoms with E-state index in [0.717, 1.165) is 29.7 Å². The Labute approximate surface area is 106 Å². The molecule has 2 nitrogen and oxygen atoms in total. The van der Waals surface area contributed by atoms with Crippen molar-refractivity contribution in [2.45, 2.75) is 44.8 Å². The van der Waals surface area contributed by atoms with E-state index in [9.17, 15) is 10.2 Å². The largest absolute Gasteiger partial charge is 0.390 e. The summed E-state index contributed by atoms with van der Waals surface area (Å²) in [5.41, 5.74) is 1.16. The first kappa shape index (κ1) is 14.0. The Balaban J connectivity index is 2.66. The topological polar surface area (TPSA) is 40.5 Å². The molecule has 1 aromatic rings. The number of aryl methyl sites for hydroxylation is 1. The number of hydrogen-bond donors (Lipinski definition) is 2. The number of thiophene rings is 1. The van der Waals surface area contributed by atoms with Crippen molar-refractivity contribution in [3.63, 3.8) is 0 Å². The van der Waals surface area contributed by atoms with Crippen LogP contribution in [0.15, 0.2) is 11.4 Å². The van der Waals surface area contributed by atoms with Crippen molar-refractivity contribution in [3.8, 4) is 0 Å². The summed E-state index contributed by atoms with van der Waals surface area (Å²) in [7, 11) is 0. The number of halogens is 1. The molecule has 0 saturated heterocycles. The van der Waals surface area contributed by atoms with Crippen LogP contribution in [0.4, 0.5) is 0 Å². The summed E-state index contributed by atoms with van der Waals surface area (Å²) in [6.45, 7) is 2.14. The van der Waals surface area contributed by atoms with Crippen molar-refractivity contribution in [3.05, 3.63) is 21.9 Å². The Kier molecular flexibility index (Phi) is 6.36. The Bertz CT molecular complexity index is 301. The fourth-order valence-electron chi connectivity index (χ4n) is 1.63. The Hall–Kier alpha value is -0.0900. The van der Waals surface area contributed by atoms with E-state index in [0.29, 0.717) is 12.3 Å².